The van der Waals surface area contributed by atoms with Crippen molar-refractivity contribution in [2.24, 2.45) is 0 Å². The molecule has 202 valence electrons. The van der Waals surface area contributed by atoms with Crippen LogP contribution in [-0.4, -0.2) is 32.9 Å². The van der Waals surface area contributed by atoms with Crippen molar-refractivity contribution in [1.29, 1.82) is 0 Å². The molecule has 0 saturated heterocycles. The summed E-state index contributed by atoms with van der Waals surface area (Å²) < 4.78 is 35.1. The third-order valence-electron chi connectivity index (χ3n) is 6.45. The standard InChI is InChI=1S/C32H34N2O4S/c1-24-15-16-30(38-4)31(20-24)39(36,37)34(29-18-25(2)17-26(3)19-29)23-32(35)33(21-27-11-7-5-8-12-27)22-28-13-9-6-10-14-28/h5-20H,21-23H2,1-4H3. The SMILES string of the molecule is COc1ccc(C)cc1S(=O)(=O)N(CC(=O)N(Cc1ccccc1)Cc1ccccc1)c1cc(C)cc(C)c1. The topological polar surface area (TPSA) is 66.9 Å². The number of benzene rings is 4. The van der Waals surface area contributed by atoms with Gasteiger partial charge in [-0.15, -0.1) is 0 Å². The van der Waals surface area contributed by atoms with E-state index in [-0.39, 0.29) is 23.1 Å². The summed E-state index contributed by atoms with van der Waals surface area (Å²) in [5.74, 6) is -0.0788. The van der Waals surface area contributed by atoms with Crippen LogP contribution < -0.4 is 9.04 Å². The van der Waals surface area contributed by atoms with Crippen LogP contribution in [0.25, 0.3) is 0 Å². The van der Waals surface area contributed by atoms with Crippen molar-refractivity contribution in [1.82, 2.24) is 4.90 Å². The van der Waals surface area contributed by atoms with Crippen LogP contribution in [0.5, 0.6) is 5.75 Å². The number of carbonyl (C=O) groups is 1. The van der Waals surface area contributed by atoms with Gasteiger partial charge in [0.25, 0.3) is 10.0 Å². The first-order chi connectivity index (χ1) is 18.7. The van der Waals surface area contributed by atoms with Crippen molar-refractivity contribution in [2.75, 3.05) is 18.0 Å². The number of hydrogen-bond donors (Lipinski definition) is 0. The molecule has 0 saturated carbocycles. The van der Waals surface area contributed by atoms with Gasteiger partial charge in [0.2, 0.25) is 5.91 Å². The third kappa shape index (κ3) is 6.86. The molecule has 4 aromatic carbocycles. The highest BCUT2D eigenvalue weighted by Gasteiger charge is 2.32. The molecule has 0 spiro atoms. The number of amides is 1. The molecule has 39 heavy (non-hydrogen) atoms. The number of nitrogens with zero attached hydrogens (tertiary/aromatic N) is 2. The van der Waals surface area contributed by atoms with Gasteiger partial charge in [0, 0.05) is 13.1 Å². The highest BCUT2D eigenvalue weighted by Crippen LogP contribution is 2.32. The Morgan fingerprint density at radius 3 is 1.77 bits per heavy atom. The molecule has 0 fully saturated rings. The molecule has 0 aliphatic rings. The van der Waals surface area contributed by atoms with Crippen LogP contribution >= 0.6 is 0 Å². The summed E-state index contributed by atoms with van der Waals surface area (Å²) in [6.07, 6.45) is 0. The van der Waals surface area contributed by atoms with E-state index in [0.717, 1.165) is 27.8 Å². The summed E-state index contributed by atoms with van der Waals surface area (Å²) in [5.41, 5.74) is 4.93. The van der Waals surface area contributed by atoms with Crippen LogP contribution in [0, 0.1) is 20.8 Å². The van der Waals surface area contributed by atoms with E-state index in [2.05, 4.69) is 0 Å². The van der Waals surface area contributed by atoms with Crippen LogP contribution in [-0.2, 0) is 27.9 Å². The number of anilines is 1. The predicted molar refractivity (Wildman–Crippen MR) is 155 cm³/mol. The van der Waals surface area contributed by atoms with Crippen LogP contribution in [0.1, 0.15) is 27.8 Å². The van der Waals surface area contributed by atoms with Gasteiger partial charge in [-0.05, 0) is 72.9 Å². The van der Waals surface area contributed by atoms with Crippen LogP contribution in [0.3, 0.4) is 0 Å². The van der Waals surface area contributed by atoms with Gasteiger partial charge >= 0.3 is 0 Å². The van der Waals surface area contributed by atoms with Crippen molar-refractivity contribution in [3.8, 4) is 5.75 Å². The van der Waals surface area contributed by atoms with E-state index >= 15 is 0 Å². The predicted octanol–water partition coefficient (Wildman–Crippen LogP) is 6.04. The summed E-state index contributed by atoms with van der Waals surface area (Å²) in [6, 6.07) is 30.0. The first-order valence-electron chi connectivity index (χ1n) is 12.8. The molecule has 6 nitrogen and oxygen atoms in total. The summed E-state index contributed by atoms with van der Waals surface area (Å²) >= 11 is 0. The molecular formula is C32H34N2O4S. The van der Waals surface area contributed by atoms with Gasteiger partial charge in [0.1, 0.15) is 17.2 Å². The smallest absolute Gasteiger partial charge is 0.268 e. The van der Waals surface area contributed by atoms with Crippen molar-refractivity contribution < 1.29 is 17.9 Å². The Labute approximate surface area is 231 Å². The molecule has 0 atom stereocenters. The number of sulfonamides is 1. The Balaban J connectivity index is 1.77. The Morgan fingerprint density at radius 2 is 1.26 bits per heavy atom. The van der Waals surface area contributed by atoms with Crippen LogP contribution in [0.2, 0.25) is 0 Å². The van der Waals surface area contributed by atoms with Gasteiger partial charge < -0.3 is 9.64 Å². The Hall–Kier alpha value is -4.10. The average molecular weight is 543 g/mol. The molecule has 0 aliphatic carbocycles. The fraction of sp³-hybridized carbons (Fsp3) is 0.219. The lowest BCUT2D eigenvalue weighted by Crippen LogP contribution is -2.42. The van der Waals surface area contributed by atoms with Gasteiger partial charge in [-0.3, -0.25) is 9.10 Å². The van der Waals surface area contributed by atoms with E-state index in [0.29, 0.717) is 18.8 Å². The maximum atomic E-state index is 14.2. The molecule has 0 N–H and O–H groups in total. The second-order valence-electron chi connectivity index (χ2n) is 9.73. The summed E-state index contributed by atoms with van der Waals surface area (Å²) in [5, 5.41) is 0. The molecule has 0 heterocycles. The normalized spacial score (nSPS) is 11.2. The summed E-state index contributed by atoms with van der Waals surface area (Å²) in [4.78, 5) is 15.7. The van der Waals surface area contributed by atoms with Crippen LogP contribution in [0.4, 0.5) is 5.69 Å². The van der Waals surface area contributed by atoms with E-state index < -0.39 is 10.0 Å². The zero-order valence-corrected chi connectivity index (χ0v) is 23.6. The number of ether oxygens (including phenoxy) is 1. The quantitative estimate of drug-likeness (QED) is 0.245. The lowest BCUT2D eigenvalue weighted by Gasteiger charge is -2.29. The van der Waals surface area contributed by atoms with Crippen molar-refractivity contribution in [3.63, 3.8) is 0 Å². The van der Waals surface area contributed by atoms with Crippen LogP contribution in [0.15, 0.2) is 102 Å². The lowest BCUT2D eigenvalue weighted by molar-refractivity contribution is -0.130. The highest BCUT2D eigenvalue weighted by molar-refractivity contribution is 7.93. The third-order valence-corrected chi connectivity index (χ3v) is 8.24. The Bertz CT molecular complexity index is 1480. The molecular weight excluding hydrogens is 508 g/mol. The first-order valence-corrected chi connectivity index (χ1v) is 14.2. The van der Waals surface area contributed by atoms with Gasteiger partial charge in [0.05, 0.1) is 12.8 Å². The molecule has 0 radical (unpaired) electrons. The number of aryl methyl sites for hydroxylation is 3. The Kier molecular flexibility index (Phi) is 8.72. The maximum Gasteiger partial charge on any atom is 0.268 e. The van der Waals surface area contributed by atoms with E-state index in [4.69, 9.17) is 4.74 Å². The monoisotopic (exact) mass is 542 g/mol. The first kappa shape index (κ1) is 27.9. The van der Waals surface area contributed by atoms with Crippen molar-refractivity contribution in [3.05, 3.63) is 125 Å². The molecule has 0 aliphatic heterocycles. The number of hydrogen-bond acceptors (Lipinski definition) is 4. The molecule has 0 unspecified atom stereocenters. The van der Waals surface area contributed by atoms with E-state index in [1.807, 2.05) is 87.5 Å². The molecule has 4 rings (SSSR count). The number of rotatable bonds is 10. The van der Waals surface area contributed by atoms with Gasteiger partial charge in [0.15, 0.2) is 0 Å². The lowest BCUT2D eigenvalue weighted by atomic mass is 10.1. The minimum atomic E-state index is -4.17. The fourth-order valence-corrected chi connectivity index (χ4v) is 6.22. The largest absolute Gasteiger partial charge is 0.495 e. The minimum absolute atomic E-state index is 0.0228. The zero-order valence-electron chi connectivity index (χ0n) is 22.8. The average Bonchev–Trinajstić information content (AvgIpc) is 2.91. The molecule has 0 aromatic heterocycles. The number of methoxy groups -OCH3 is 1. The highest BCUT2D eigenvalue weighted by atomic mass is 32.2. The summed E-state index contributed by atoms with van der Waals surface area (Å²) in [7, 11) is -2.72. The van der Waals surface area contributed by atoms with E-state index in [1.54, 1.807) is 35.2 Å². The Morgan fingerprint density at radius 1 is 0.718 bits per heavy atom. The molecule has 1 amide bonds. The fourth-order valence-electron chi connectivity index (χ4n) is 4.58. The van der Waals surface area contributed by atoms with Gasteiger partial charge in [-0.25, -0.2) is 8.42 Å². The van der Waals surface area contributed by atoms with E-state index in [1.165, 1.54) is 11.4 Å². The van der Waals surface area contributed by atoms with E-state index in [9.17, 15) is 13.2 Å². The van der Waals surface area contributed by atoms with Crippen molar-refractivity contribution in [2.45, 2.75) is 38.8 Å². The molecule has 7 heteroatoms. The van der Waals surface area contributed by atoms with Gasteiger partial charge in [-0.2, -0.15) is 0 Å². The zero-order chi connectivity index (χ0) is 28.0. The number of carbonyl (C=O) groups excluding carboxylic acids is 1. The molecule has 0 bridgehead atoms. The van der Waals surface area contributed by atoms with Gasteiger partial charge in [-0.1, -0.05) is 72.8 Å². The molecule has 4 aromatic rings. The minimum Gasteiger partial charge on any atom is -0.495 e. The second-order valence-corrected chi connectivity index (χ2v) is 11.6. The van der Waals surface area contributed by atoms with Crippen molar-refractivity contribution >= 4 is 21.6 Å². The maximum absolute atomic E-state index is 14.2. The second kappa shape index (κ2) is 12.2. The summed E-state index contributed by atoms with van der Waals surface area (Å²) in [6.45, 7) is 5.99.